The minimum Gasteiger partial charge on any atom is -0.308 e. The number of likely N-dealkylation sites (N-methyl/N-ethyl adjacent to an activating group) is 1. The zero-order chi connectivity index (χ0) is 15.2. The van der Waals surface area contributed by atoms with Crippen LogP contribution in [0.2, 0.25) is 5.02 Å². The molecule has 2 rings (SSSR count). The quantitative estimate of drug-likeness (QED) is 0.594. The Bertz CT molecular complexity index is 462. The third kappa shape index (κ3) is 4.82. The Morgan fingerprint density at radius 3 is 2.62 bits per heavy atom. The van der Waals surface area contributed by atoms with Crippen LogP contribution in [0.25, 0.3) is 0 Å². The van der Waals surface area contributed by atoms with E-state index in [9.17, 15) is 4.79 Å². The monoisotopic (exact) mass is 311 g/mol. The fraction of sp³-hybridized carbons (Fsp3) is 0.750. The molecule has 0 N–H and O–H groups in total. The summed E-state index contributed by atoms with van der Waals surface area (Å²) in [6, 6.07) is 0. The van der Waals surface area contributed by atoms with Crippen molar-refractivity contribution in [1.82, 2.24) is 14.7 Å². The normalized spacial score (nSPS) is 17.1. The van der Waals surface area contributed by atoms with Gasteiger partial charge in [0.2, 0.25) is 0 Å². The Labute approximate surface area is 132 Å². The Balaban J connectivity index is 2.02. The van der Waals surface area contributed by atoms with E-state index in [0.717, 1.165) is 6.54 Å². The molecule has 4 nitrogen and oxygen atoms in total. The first kappa shape index (κ1) is 16.5. The topological polar surface area (TPSA) is 38.1 Å². The van der Waals surface area contributed by atoms with Gasteiger partial charge in [0.25, 0.3) is 0 Å². The molecule has 1 aromatic rings. The maximum absolute atomic E-state index is 12.6. The van der Waals surface area contributed by atoms with Gasteiger partial charge in [0.1, 0.15) is 5.69 Å². The molecule has 1 saturated carbocycles. The summed E-state index contributed by atoms with van der Waals surface area (Å²) in [5.41, 5.74) is 0.600. The molecule has 1 aliphatic rings. The molecule has 1 fully saturated rings. The standard InChI is InChI=1S/C16H26ClN3O/c1-19(2)9-10-20-16(14(17)12-18-20)15(21)11-13-7-5-3-4-6-8-13/h12-13H,3-11H2,1-2H3. The number of hydrogen-bond donors (Lipinski definition) is 0. The number of hydrogen-bond acceptors (Lipinski definition) is 3. The van der Waals surface area contributed by atoms with E-state index in [4.69, 9.17) is 11.6 Å². The SMILES string of the molecule is CN(C)CCn1ncc(Cl)c1C(=O)CC1CCCCCC1. The van der Waals surface area contributed by atoms with E-state index in [1.165, 1.54) is 38.5 Å². The zero-order valence-electron chi connectivity index (χ0n) is 13.1. The van der Waals surface area contributed by atoms with Gasteiger partial charge in [0.15, 0.2) is 5.78 Å². The average molecular weight is 312 g/mol. The van der Waals surface area contributed by atoms with Gasteiger partial charge in [-0.15, -0.1) is 0 Å². The number of aromatic nitrogens is 2. The van der Waals surface area contributed by atoms with E-state index >= 15 is 0 Å². The van der Waals surface area contributed by atoms with Crippen LogP contribution in [0.4, 0.5) is 0 Å². The fourth-order valence-corrected chi connectivity index (χ4v) is 3.28. The molecule has 0 amide bonds. The number of carbonyl (C=O) groups excluding carboxylic acids is 1. The van der Waals surface area contributed by atoms with Crippen LogP contribution in [0.5, 0.6) is 0 Å². The molecule has 0 saturated heterocycles. The Hall–Kier alpha value is -0.870. The molecule has 0 aromatic carbocycles. The lowest BCUT2D eigenvalue weighted by Gasteiger charge is -2.15. The molecular formula is C16H26ClN3O. The Kier molecular flexibility index (Phi) is 6.24. The van der Waals surface area contributed by atoms with Crippen molar-refractivity contribution in [3.05, 3.63) is 16.9 Å². The highest BCUT2D eigenvalue weighted by molar-refractivity contribution is 6.33. The molecule has 0 spiro atoms. The zero-order valence-corrected chi connectivity index (χ0v) is 13.9. The number of ketones is 1. The van der Waals surface area contributed by atoms with E-state index in [2.05, 4.69) is 10.00 Å². The van der Waals surface area contributed by atoms with Gasteiger partial charge >= 0.3 is 0 Å². The van der Waals surface area contributed by atoms with Gasteiger partial charge in [-0.1, -0.05) is 50.1 Å². The summed E-state index contributed by atoms with van der Waals surface area (Å²) in [5, 5.41) is 4.75. The molecule has 0 aliphatic heterocycles. The van der Waals surface area contributed by atoms with Gasteiger partial charge in [-0.2, -0.15) is 5.10 Å². The lowest BCUT2D eigenvalue weighted by atomic mass is 9.93. The summed E-state index contributed by atoms with van der Waals surface area (Å²) in [5.74, 6) is 0.677. The van der Waals surface area contributed by atoms with Gasteiger partial charge in [-0.25, -0.2) is 0 Å². The van der Waals surface area contributed by atoms with Gasteiger partial charge in [0, 0.05) is 13.0 Å². The number of nitrogens with zero attached hydrogens (tertiary/aromatic N) is 3. The van der Waals surface area contributed by atoms with Crippen LogP contribution >= 0.6 is 11.6 Å². The molecular weight excluding hydrogens is 286 g/mol. The van der Waals surface area contributed by atoms with Crippen molar-refractivity contribution in [2.75, 3.05) is 20.6 Å². The minimum absolute atomic E-state index is 0.156. The van der Waals surface area contributed by atoms with Crippen molar-refractivity contribution in [2.45, 2.75) is 51.5 Å². The highest BCUT2D eigenvalue weighted by Crippen LogP contribution is 2.28. The number of carbonyl (C=O) groups is 1. The van der Waals surface area contributed by atoms with Crippen molar-refractivity contribution in [1.29, 1.82) is 0 Å². The van der Waals surface area contributed by atoms with Crippen molar-refractivity contribution in [3.63, 3.8) is 0 Å². The molecule has 1 aromatic heterocycles. The third-order valence-electron chi connectivity index (χ3n) is 4.27. The van der Waals surface area contributed by atoms with E-state index in [0.29, 0.717) is 29.6 Å². The lowest BCUT2D eigenvalue weighted by Crippen LogP contribution is -2.22. The van der Waals surface area contributed by atoms with Gasteiger partial charge < -0.3 is 4.90 Å². The molecule has 0 radical (unpaired) electrons. The van der Waals surface area contributed by atoms with Crippen LogP contribution in [0.15, 0.2) is 6.20 Å². The predicted molar refractivity (Wildman–Crippen MR) is 85.9 cm³/mol. The van der Waals surface area contributed by atoms with Crippen molar-refractivity contribution < 1.29 is 4.79 Å². The highest BCUT2D eigenvalue weighted by atomic mass is 35.5. The Morgan fingerprint density at radius 2 is 2.00 bits per heavy atom. The summed E-state index contributed by atoms with van der Waals surface area (Å²) in [6.07, 6.45) is 9.70. The summed E-state index contributed by atoms with van der Waals surface area (Å²) in [4.78, 5) is 14.7. The van der Waals surface area contributed by atoms with E-state index < -0.39 is 0 Å². The first-order valence-corrected chi connectivity index (χ1v) is 8.35. The first-order valence-electron chi connectivity index (χ1n) is 7.97. The molecule has 0 atom stereocenters. The lowest BCUT2D eigenvalue weighted by molar-refractivity contribution is 0.0945. The minimum atomic E-state index is 0.156. The number of halogens is 1. The molecule has 5 heteroatoms. The summed E-state index contributed by atoms with van der Waals surface area (Å²) < 4.78 is 1.77. The molecule has 1 aliphatic carbocycles. The van der Waals surface area contributed by atoms with Crippen molar-refractivity contribution in [3.8, 4) is 0 Å². The third-order valence-corrected chi connectivity index (χ3v) is 4.54. The van der Waals surface area contributed by atoms with E-state index in [1.807, 2.05) is 14.1 Å². The largest absolute Gasteiger partial charge is 0.308 e. The molecule has 118 valence electrons. The smallest absolute Gasteiger partial charge is 0.182 e. The van der Waals surface area contributed by atoms with Gasteiger partial charge in [-0.05, 0) is 20.0 Å². The second-order valence-corrected chi connectivity index (χ2v) is 6.76. The second-order valence-electron chi connectivity index (χ2n) is 6.35. The van der Waals surface area contributed by atoms with Gasteiger partial charge in [0.05, 0.1) is 17.8 Å². The van der Waals surface area contributed by atoms with Crippen LogP contribution in [-0.2, 0) is 6.54 Å². The maximum atomic E-state index is 12.6. The van der Waals surface area contributed by atoms with E-state index in [1.54, 1.807) is 10.9 Å². The molecule has 0 bridgehead atoms. The van der Waals surface area contributed by atoms with Crippen LogP contribution in [0.1, 0.15) is 55.4 Å². The van der Waals surface area contributed by atoms with Gasteiger partial charge in [-0.3, -0.25) is 9.48 Å². The van der Waals surface area contributed by atoms with Crippen LogP contribution in [0.3, 0.4) is 0 Å². The second kappa shape index (κ2) is 7.95. The number of Topliss-reactive ketones (excluding diaryl/α,β-unsaturated/α-hetero) is 1. The summed E-state index contributed by atoms with van der Waals surface area (Å²) >= 11 is 6.19. The average Bonchev–Trinajstić information content (AvgIpc) is 2.63. The summed E-state index contributed by atoms with van der Waals surface area (Å²) in [6.45, 7) is 1.55. The Morgan fingerprint density at radius 1 is 1.33 bits per heavy atom. The predicted octanol–water partition coefficient (Wildman–Crippen LogP) is 3.64. The van der Waals surface area contributed by atoms with Crippen molar-refractivity contribution in [2.24, 2.45) is 5.92 Å². The van der Waals surface area contributed by atoms with E-state index in [-0.39, 0.29) is 5.78 Å². The highest BCUT2D eigenvalue weighted by Gasteiger charge is 2.22. The van der Waals surface area contributed by atoms with Crippen LogP contribution in [0, 0.1) is 5.92 Å². The van der Waals surface area contributed by atoms with Crippen LogP contribution in [-0.4, -0.2) is 41.1 Å². The molecule has 0 unspecified atom stereocenters. The molecule has 21 heavy (non-hydrogen) atoms. The first-order chi connectivity index (χ1) is 10.1. The van der Waals surface area contributed by atoms with Crippen LogP contribution < -0.4 is 0 Å². The summed E-state index contributed by atoms with van der Waals surface area (Å²) in [7, 11) is 4.02. The fourth-order valence-electron chi connectivity index (χ4n) is 3.03. The molecule has 1 heterocycles. The number of rotatable bonds is 6. The van der Waals surface area contributed by atoms with Crippen molar-refractivity contribution >= 4 is 17.4 Å². The maximum Gasteiger partial charge on any atom is 0.182 e.